The Kier molecular flexibility index (Phi) is 4.26. The average Bonchev–Trinajstić information content (AvgIpc) is 3.12. The summed E-state index contributed by atoms with van der Waals surface area (Å²) < 4.78 is 0. The molecular weight excluding hydrogens is 196 g/mol. The van der Waals surface area contributed by atoms with Gasteiger partial charge in [0.25, 0.3) is 0 Å². The highest BCUT2D eigenvalue weighted by molar-refractivity contribution is 4.93. The SMILES string of the molecule is CCCC1CCC(CN)C(N(C)C2CC2)C1. The molecule has 2 rings (SSSR count). The Labute approximate surface area is 101 Å². The lowest BCUT2D eigenvalue weighted by Crippen LogP contribution is -2.46. The molecule has 2 heteroatoms. The van der Waals surface area contributed by atoms with E-state index in [0.29, 0.717) is 0 Å². The van der Waals surface area contributed by atoms with Crippen LogP contribution in [-0.4, -0.2) is 30.6 Å². The van der Waals surface area contributed by atoms with Gasteiger partial charge in [-0.25, -0.2) is 0 Å². The van der Waals surface area contributed by atoms with E-state index in [9.17, 15) is 0 Å². The van der Waals surface area contributed by atoms with Crippen LogP contribution in [0.4, 0.5) is 0 Å². The molecule has 0 aliphatic heterocycles. The number of nitrogens with zero attached hydrogens (tertiary/aromatic N) is 1. The molecule has 0 spiro atoms. The Morgan fingerprint density at radius 3 is 2.50 bits per heavy atom. The predicted octanol–water partition coefficient (Wildman–Crippen LogP) is 2.62. The average molecular weight is 224 g/mol. The van der Waals surface area contributed by atoms with Crippen molar-refractivity contribution in [2.24, 2.45) is 17.6 Å². The van der Waals surface area contributed by atoms with Crippen LogP contribution in [0.2, 0.25) is 0 Å². The van der Waals surface area contributed by atoms with E-state index in [1.54, 1.807) is 0 Å². The van der Waals surface area contributed by atoms with Gasteiger partial charge < -0.3 is 10.6 Å². The zero-order valence-corrected chi connectivity index (χ0v) is 11.0. The number of hydrogen-bond acceptors (Lipinski definition) is 2. The zero-order valence-electron chi connectivity index (χ0n) is 11.0. The van der Waals surface area contributed by atoms with E-state index in [1.165, 1.54) is 44.9 Å². The molecule has 2 aliphatic rings. The number of rotatable bonds is 5. The minimum atomic E-state index is 0.763. The molecule has 0 amide bonds. The van der Waals surface area contributed by atoms with Crippen molar-refractivity contribution in [1.82, 2.24) is 4.90 Å². The Balaban J connectivity index is 1.92. The van der Waals surface area contributed by atoms with Crippen molar-refractivity contribution < 1.29 is 0 Å². The lowest BCUT2D eigenvalue weighted by atomic mass is 9.76. The number of nitrogens with two attached hydrogens (primary N) is 1. The molecule has 2 nitrogen and oxygen atoms in total. The van der Waals surface area contributed by atoms with Crippen molar-refractivity contribution in [3.63, 3.8) is 0 Å². The largest absolute Gasteiger partial charge is 0.330 e. The van der Waals surface area contributed by atoms with E-state index in [-0.39, 0.29) is 0 Å². The first-order valence-corrected chi connectivity index (χ1v) is 7.18. The minimum absolute atomic E-state index is 0.763. The van der Waals surface area contributed by atoms with Gasteiger partial charge in [0, 0.05) is 12.1 Å². The molecule has 0 aromatic carbocycles. The van der Waals surface area contributed by atoms with Gasteiger partial charge >= 0.3 is 0 Å². The maximum absolute atomic E-state index is 5.94. The summed E-state index contributed by atoms with van der Waals surface area (Å²) in [5, 5.41) is 0. The van der Waals surface area contributed by atoms with Crippen LogP contribution >= 0.6 is 0 Å². The molecule has 2 aliphatic carbocycles. The Hall–Kier alpha value is -0.0800. The first-order valence-electron chi connectivity index (χ1n) is 7.18. The molecule has 3 unspecified atom stereocenters. The van der Waals surface area contributed by atoms with Crippen LogP contribution in [0.1, 0.15) is 51.9 Å². The molecule has 0 aromatic rings. The molecule has 2 fully saturated rings. The molecule has 16 heavy (non-hydrogen) atoms. The third-order valence-electron chi connectivity index (χ3n) is 4.71. The zero-order chi connectivity index (χ0) is 11.5. The lowest BCUT2D eigenvalue weighted by Gasteiger charge is -2.41. The minimum Gasteiger partial charge on any atom is -0.330 e. The predicted molar refractivity (Wildman–Crippen MR) is 69.4 cm³/mol. The topological polar surface area (TPSA) is 29.3 Å². The van der Waals surface area contributed by atoms with E-state index in [0.717, 1.165) is 30.5 Å². The summed E-state index contributed by atoms with van der Waals surface area (Å²) in [5.74, 6) is 1.73. The highest BCUT2D eigenvalue weighted by atomic mass is 15.2. The maximum atomic E-state index is 5.94. The second kappa shape index (κ2) is 5.50. The van der Waals surface area contributed by atoms with Crippen molar-refractivity contribution in [3.05, 3.63) is 0 Å². The van der Waals surface area contributed by atoms with E-state index in [2.05, 4.69) is 18.9 Å². The van der Waals surface area contributed by atoms with Gasteiger partial charge in [0.2, 0.25) is 0 Å². The lowest BCUT2D eigenvalue weighted by molar-refractivity contribution is 0.0943. The number of hydrogen-bond donors (Lipinski definition) is 1. The van der Waals surface area contributed by atoms with Crippen LogP contribution in [0.15, 0.2) is 0 Å². The fraction of sp³-hybridized carbons (Fsp3) is 1.00. The third-order valence-corrected chi connectivity index (χ3v) is 4.71. The fourth-order valence-corrected chi connectivity index (χ4v) is 3.49. The van der Waals surface area contributed by atoms with Crippen LogP contribution in [0, 0.1) is 11.8 Å². The summed E-state index contributed by atoms with van der Waals surface area (Å²) in [7, 11) is 2.33. The van der Waals surface area contributed by atoms with E-state index >= 15 is 0 Å². The molecular formula is C14H28N2. The van der Waals surface area contributed by atoms with E-state index in [4.69, 9.17) is 5.73 Å². The summed E-state index contributed by atoms with van der Waals surface area (Å²) in [6.07, 6.45) is 9.80. The summed E-state index contributed by atoms with van der Waals surface area (Å²) in [6, 6.07) is 1.67. The van der Waals surface area contributed by atoms with Gasteiger partial charge in [-0.1, -0.05) is 26.2 Å². The summed E-state index contributed by atoms with van der Waals surface area (Å²) in [4.78, 5) is 2.65. The smallest absolute Gasteiger partial charge is 0.0138 e. The van der Waals surface area contributed by atoms with Crippen LogP contribution in [-0.2, 0) is 0 Å². The third kappa shape index (κ3) is 2.78. The first-order chi connectivity index (χ1) is 7.76. The van der Waals surface area contributed by atoms with Gasteiger partial charge in [0.1, 0.15) is 0 Å². The second-order valence-corrected chi connectivity index (χ2v) is 5.93. The van der Waals surface area contributed by atoms with Crippen molar-refractivity contribution in [2.45, 2.75) is 64.0 Å². The normalized spacial score (nSPS) is 35.6. The molecule has 3 atom stereocenters. The fourth-order valence-electron chi connectivity index (χ4n) is 3.49. The standard InChI is InChI=1S/C14H28N2/c1-3-4-11-5-6-12(10-15)14(9-11)16(2)13-7-8-13/h11-14H,3-10,15H2,1-2H3. The van der Waals surface area contributed by atoms with Crippen LogP contribution in [0.25, 0.3) is 0 Å². The highest BCUT2D eigenvalue weighted by Crippen LogP contribution is 2.38. The van der Waals surface area contributed by atoms with Gasteiger partial charge in [-0.15, -0.1) is 0 Å². The molecule has 94 valence electrons. The second-order valence-electron chi connectivity index (χ2n) is 5.93. The molecule has 2 N–H and O–H groups in total. The highest BCUT2D eigenvalue weighted by Gasteiger charge is 2.37. The summed E-state index contributed by atoms with van der Waals surface area (Å²) >= 11 is 0. The molecule has 0 aromatic heterocycles. The summed E-state index contributed by atoms with van der Waals surface area (Å²) in [5.41, 5.74) is 5.94. The monoisotopic (exact) mass is 224 g/mol. The van der Waals surface area contributed by atoms with Crippen molar-refractivity contribution in [1.29, 1.82) is 0 Å². The van der Waals surface area contributed by atoms with Gasteiger partial charge in [-0.05, 0) is 51.1 Å². The quantitative estimate of drug-likeness (QED) is 0.778. The summed E-state index contributed by atoms with van der Waals surface area (Å²) in [6.45, 7) is 3.20. The molecule has 2 saturated carbocycles. The van der Waals surface area contributed by atoms with Crippen molar-refractivity contribution in [2.75, 3.05) is 13.6 Å². The van der Waals surface area contributed by atoms with Gasteiger partial charge in [-0.2, -0.15) is 0 Å². The van der Waals surface area contributed by atoms with Crippen LogP contribution in [0.3, 0.4) is 0 Å². The van der Waals surface area contributed by atoms with Crippen molar-refractivity contribution in [3.8, 4) is 0 Å². The van der Waals surface area contributed by atoms with Gasteiger partial charge in [0.15, 0.2) is 0 Å². The molecule has 0 heterocycles. The Morgan fingerprint density at radius 2 is 1.94 bits per heavy atom. The van der Waals surface area contributed by atoms with E-state index < -0.39 is 0 Å². The van der Waals surface area contributed by atoms with Crippen molar-refractivity contribution >= 4 is 0 Å². The van der Waals surface area contributed by atoms with Crippen LogP contribution < -0.4 is 5.73 Å². The van der Waals surface area contributed by atoms with Gasteiger partial charge in [0.05, 0.1) is 0 Å². The van der Waals surface area contributed by atoms with Gasteiger partial charge in [-0.3, -0.25) is 0 Å². The Bertz CT molecular complexity index is 211. The van der Waals surface area contributed by atoms with Crippen LogP contribution in [0.5, 0.6) is 0 Å². The first kappa shape index (κ1) is 12.4. The molecule has 0 radical (unpaired) electrons. The van der Waals surface area contributed by atoms with E-state index in [1.807, 2.05) is 0 Å². The maximum Gasteiger partial charge on any atom is 0.0138 e. The Morgan fingerprint density at radius 1 is 1.19 bits per heavy atom. The molecule has 0 saturated heterocycles. The molecule has 0 bridgehead atoms.